The number of nitrogens with zero attached hydrogens (tertiary/aromatic N) is 2. The predicted octanol–water partition coefficient (Wildman–Crippen LogP) is 2.42. The fraction of sp³-hybridized carbons (Fsp3) is 0.591. The van der Waals surface area contributed by atoms with E-state index in [1.54, 1.807) is 28.0 Å². The maximum Gasteiger partial charge on any atom is 0.319 e. The first-order chi connectivity index (χ1) is 14.8. The molecule has 172 valence electrons. The lowest BCUT2D eigenvalue weighted by atomic mass is 9.96. The number of amides is 4. The molecule has 1 aliphatic heterocycles. The van der Waals surface area contributed by atoms with Crippen molar-refractivity contribution in [1.29, 1.82) is 0 Å². The van der Waals surface area contributed by atoms with Crippen molar-refractivity contribution >= 4 is 17.8 Å². The van der Waals surface area contributed by atoms with E-state index in [1.807, 2.05) is 27.7 Å². The van der Waals surface area contributed by atoms with Gasteiger partial charge in [0.25, 0.3) is 5.91 Å². The van der Waals surface area contributed by atoms with E-state index in [9.17, 15) is 14.4 Å². The van der Waals surface area contributed by atoms with E-state index in [0.29, 0.717) is 56.1 Å². The molecule has 1 aromatic carbocycles. The number of nitrogens with one attached hydrogen (secondary N) is 2. The first-order valence-corrected chi connectivity index (χ1v) is 10.8. The molecule has 31 heavy (non-hydrogen) atoms. The third-order valence-corrected chi connectivity index (χ3v) is 5.26. The van der Waals surface area contributed by atoms with Crippen LogP contribution in [0, 0.1) is 5.92 Å². The summed E-state index contributed by atoms with van der Waals surface area (Å²) in [6.07, 6.45) is 1.09. The Kier molecular flexibility index (Phi) is 8.96. The largest absolute Gasteiger partial charge is 0.493 e. The molecule has 4 amide bonds. The summed E-state index contributed by atoms with van der Waals surface area (Å²) in [5.74, 6) is 0.0336. The average molecular weight is 435 g/mol. The second-order valence-electron chi connectivity index (χ2n) is 7.69. The van der Waals surface area contributed by atoms with Gasteiger partial charge in [-0.25, -0.2) is 4.79 Å². The van der Waals surface area contributed by atoms with E-state index >= 15 is 0 Å². The van der Waals surface area contributed by atoms with Gasteiger partial charge in [-0.2, -0.15) is 0 Å². The number of benzene rings is 1. The summed E-state index contributed by atoms with van der Waals surface area (Å²) in [7, 11) is 1.50. The smallest absolute Gasteiger partial charge is 0.319 e. The number of rotatable bonds is 7. The Morgan fingerprint density at radius 2 is 1.74 bits per heavy atom. The topological polar surface area (TPSA) is 100 Å². The number of likely N-dealkylation sites (tertiary alicyclic amines) is 1. The lowest BCUT2D eigenvalue weighted by Crippen LogP contribution is -2.50. The Morgan fingerprint density at radius 1 is 1.10 bits per heavy atom. The summed E-state index contributed by atoms with van der Waals surface area (Å²) in [6, 6.07) is 4.85. The first-order valence-electron chi connectivity index (χ1n) is 10.8. The number of methoxy groups -OCH3 is 1. The van der Waals surface area contributed by atoms with Gasteiger partial charge in [0.2, 0.25) is 5.91 Å². The lowest BCUT2D eigenvalue weighted by Gasteiger charge is -2.34. The quantitative estimate of drug-likeness (QED) is 0.642. The number of urea groups is 1. The van der Waals surface area contributed by atoms with Crippen LogP contribution in [-0.4, -0.2) is 67.0 Å². The van der Waals surface area contributed by atoms with Gasteiger partial charge in [0.05, 0.1) is 13.2 Å². The molecular formula is C22H34N4O5. The standard InChI is InChI=1S/C22H34N4O5/c1-6-25(7-2)22(29)26-12-10-16(11-13-26)20(27)23-24-21(28)17-8-9-18(31-15(3)4)19(14-17)30-5/h8-9,14-16H,6-7,10-13H2,1-5H3,(H,23,27)(H,24,28). The molecule has 1 aliphatic rings. The molecule has 2 N–H and O–H groups in total. The summed E-state index contributed by atoms with van der Waals surface area (Å²) >= 11 is 0. The van der Waals surface area contributed by atoms with Crippen molar-refractivity contribution in [3.8, 4) is 11.5 Å². The van der Waals surface area contributed by atoms with Crippen LogP contribution in [-0.2, 0) is 4.79 Å². The van der Waals surface area contributed by atoms with Crippen LogP contribution in [0.1, 0.15) is 50.9 Å². The maximum atomic E-state index is 12.5. The van der Waals surface area contributed by atoms with Gasteiger partial charge in [-0.15, -0.1) is 0 Å². The molecule has 0 bridgehead atoms. The van der Waals surface area contributed by atoms with Gasteiger partial charge >= 0.3 is 6.03 Å². The second kappa shape index (κ2) is 11.4. The molecule has 0 saturated carbocycles. The van der Waals surface area contributed by atoms with E-state index in [2.05, 4.69) is 10.9 Å². The lowest BCUT2D eigenvalue weighted by molar-refractivity contribution is -0.127. The Bertz CT molecular complexity index is 771. The summed E-state index contributed by atoms with van der Waals surface area (Å²) in [6.45, 7) is 10.1. The summed E-state index contributed by atoms with van der Waals surface area (Å²) in [5.41, 5.74) is 5.29. The zero-order valence-corrected chi connectivity index (χ0v) is 19.1. The van der Waals surface area contributed by atoms with Gasteiger partial charge in [0.15, 0.2) is 11.5 Å². The number of piperidine rings is 1. The van der Waals surface area contributed by atoms with Gasteiger partial charge in [-0.3, -0.25) is 20.4 Å². The van der Waals surface area contributed by atoms with Crippen molar-refractivity contribution in [2.75, 3.05) is 33.3 Å². The van der Waals surface area contributed by atoms with Gasteiger partial charge < -0.3 is 19.3 Å². The molecule has 0 radical (unpaired) electrons. The average Bonchev–Trinajstić information content (AvgIpc) is 2.77. The van der Waals surface area contributed by atoms with Crippen LogP contribution in [0.4, 0.5) is 4.79 Å². The van der Waals surface area contributed by atoms with Crippen LogP contribution in [0.5, 0.6) is 11.5 Å². The maximum absolute atomic E-state index is 12.5. The number of hydrogen-bond donors (Lipinski definition) is 2. The Hall–Kier alpha value is -2.97. The van der Waals surface area contributed by atoms with Crippen LogP contribution in [0.2, 0.25) is 0 Å². The molecule has 0 unspecified atom stereocenters. The molecular weight excluding hydrogens is 400 g/mol. The molecule has 0 spiro atoms. The Labute approximate surface area is 184 Å². The molecule has 0 aromatic heterocycles. The number of carbonyl (C=O) groups excluding carboxylic acids is 3. The second-order valence-corrected chi connectivity index (χ2v) is 7.69. The first kappa shape index (κ1) is 24.3. The van der Waals surface area contributed by atoms with E-state index in [0.717, 1.165) is 0 Å². The monoisotopic (exact) mass is 434 g/mol. The van der Waals surface area contributed by atoms with E-state index in [1.165, 1.54) is 7.11 Å². The number of carbonyl (C=O) groups is 3. The van der Waals surface area contributed by atoms with Gasteiger partial charge in [0.1, 0.15) is 0 Å². The summed E-state index contributed by atoms with van der Waals surface area (Å²) in [4.78, 5) is 40.9. The van der Waals surface area contributed by atoms with E-state index in [4.69, 9.17) is 9.47 Å². The molecule has 0 aliphatic carbocycles. The van der Waals surface area contributed by atoms with E-state index in [-0.39, 0.29) is 24.0 Å². The van der Waals surface area contributed by atoms with Gasteiger partial charge in [-0.1, -0.05) is 0 Å². The highest BCUT2D eigenvalue weighted by molar-refractivity contribution is 5.96. The highest BCUT2D eigenvalue weighted by Crippen LogP contribution is 2.29. The minimum Gasteiger partial charge on any atom is -0.493 e. The Balaban J connectivity index is 1.86. The minimum atomic E-state index is -0.447. The van der Waals surface area contributed by atoms with E-state index < -0.39 is 5.91 Å². The third-order valence-electron chi connectivity index (χ3n) is 5.26. The summed E-state index contributed by atoms with van der Waals surface area (Å²) in [5, 5.41) is 0. The minimum absolute atomic E-state index is 0.0102. The van der Waals surface area contributed by atoms with Crippen LogP contribution < -0.4 is 20.3 Å². The third kappa shape index (κ3) is 6.50. The van der Waals surface area contributed by atoms with Crippen molar-refractivity contribution in [1.82, 2.24) is 20.7 Å². The van der Waals surface area contributed by atoms with Crippen molar-refractivity contribution in [2.45, 2.75) is 46.6 Å². The van der Waals surface area contributed by atoms with Crippen LogP contribution >= 0.6 is 0 Å². The number of hydrogen-bond acceptors (Lipinski definition) is 5. The highest BCUT2D eigenvalue weighted by atomic mass is 16.5. The fourth-order valence-electron chi connectivity index (χ4n) is 3.48. The van der Waals surface area contributed by atoms with Crippen molar-refractivity contribution < 1.29 is 23.9 Å². The molecule has 1 fully saturated rings. The van der Waals surface area contributed by atoms with Crippen molar-refractivity contribution in [2.24, 2.45) is 5.92 Å². The molecule has 1 heterocycles. The number of ether oxygens (including phenoxy) is 2. The number of hydrazine groups is 1. The van der Waals surface area contributed by atoms with Gasteiger partial charge in [-0.05, 0) is 58.7 Å². The zero-order valence-electron chi connectivity index (χ0n) is 19.1. The van der Waals surface area contributed by atoms with Crippen LogP contribution in [0.15, 0.2) is 18.2 Å². The molecule has 2 rings (SSSR count). The molecule has 1 saturated heterocycles. The zero-order chi connectivity index (χ0) is 23.0. The SMILES string of the molecule is CCN(CC)C(=O)N1CCC(C(=O)NNC(=O)c2ccc(OC(C)C)c(OC)c2)CC1. The van der Waals surface area contributed by atoms with Gasteiger partial charge in [0, 0.05) is 37.7 Å². The van der Waals surface area contributed by atoms with Crippen molar-refractivity contribution in [3.63, 3.8) is 0 Å². The predicted molar refractivity (Wildman–Crippen MR) is 117 cm³/mol. The van der Waals surface area contributed by atoms with Crippen LogP contribution in [0.3, 0.4) is 0 Å². The molecule has 0 atom stereocenters. The molecule has 9 nitrogen and oxygen atoms in total. The molecule has 1 aromatic rings. The summed E-state index contributed by atoms with van der Waals surface area (Å²) < 4.78 is 10.9. The fourth-order valence-corrected chi connectivity index (χ4v) is 3.48. The van der Waals surface area contributed by atoms with Crippen molar-refractivity contribution in [3.05, 3.63) is 23.8 Å². The highest BCUT2D eigenvalue weighted by Gasteiger charge is 2.29. The Morgan fingerprint density at radius 3 is 2.29 bits per heavy atom. The normalized spacial score (nSPS) is 14.2. The van der Waals surface area contributed by atoms with Crippen LogP contribution in [0.25, 0.3) is 0 Å². The molecule has 9 heteroatoms.